The van der Waals surface area contributed by atoms with E-state index in [9.17, 15) is 31.1 Å². The zero-order valence-electron chi connectivity index (χ0n) is 22.5. The van der Waals surface area contributed by atoms with E-state index >= 15 is 0 Å². The predicted molar refractivity (Wildman–Crippen MR) is 142 cm³/mol. The van der Waals surface area contributed by atoms with Gasteiger partial charge in [-0.2, -0.15) is 26.3 Å². The van der Waals surface area contributed by atoms with Gasteiger partial charge in [-0.3, -0.25) is 15.1 Å². The average Bonchev–Trinajstić information content (AvgIpc) is 3.32. The number of aromatic amines is 1. The van der Waals surface area contributed by atoms with Crippen molar-refractivity contribution in [3.63, 3.8) is 0 Å². The van der Waals surface area contributed by atoms with Crippen LogP contribution < -0.4 is 10.8 Å². The van der Waals surface area contributed by atoms with Crippen LogP contribution in [-0.4, -0.2) is 66.6 Å². The zero-order chi connectivity index (χ0) is 29.8. The first kappa shape index (κ1) is 30.3. The number of aromatic nitrogens is 1. The number of fused-ring (bicyclic) bond motifs is 1. The SMILES string of the molecule is CNCCONC(C)=CN1CCN(C(=O)c2cc(C(F)(F)F)cc(C(F)(F)F)c2)[C@H](Cc2c[nH]c3ccccc23)C1. The molecule has 2 aromatic carbocycles. The normalized spacial score (nSPS) is 16.9. The molecule has 0 spiro atoms. The molecular formula is C28H31F6N5O2. The molecule has 0 radical (unpaired) electrons. The standard InChI is InChI=1S/C28H31F6N5O2/c1-18(37-41-10-7-35-2)16-38-8-9-39(23(17-38)13-20-15-36-25-6-4-3-5-24(20)25)26(40)19-11-21(27(29,30)31)14-22(12-19)28(32,33)34/h3-6,11-12,14-16,23,35-37H,7-10,13,17H2,1-2H3/t23-/m1/s1. The number of nitrogens with one attached hydrogen (secondary N) is 3. The highest BCUT2D eigenvalue weighted by Crippen LogP contribution is 2.37. The second kappa shape index (κ2) is 12.4. The Kier molecular flexibility index (Phi) is 9.17. The highest BCUT2D eigenvalue weighted by atomic mass is 19.4. The van der Waals surface area contributed by atoms with Crippen LogP contribution >= 0.6 is 0 Å². The Labute approximate surface area is 233 Å². The second-order valence-electron chi connectivity index (χ2n) is 9.87. The van der Waals surface area contributed by atoms with Crippen molar-refractivity contribution in [2.75, 3.05) is 39.8 Å². The van der Waals surface area contributed by atoms with Gasteiger partial charge >= 0.3 is 12.4 Å². The molecule has 41 heavy (non-hydrogen) atoms. The number of carbonyl (C=O) groups excluding carboxylic acids is 1. The molecule has 1 amide bonds. The third-order valence-electron chi connectivity index (χ3n) is 6.80. The van der Waals surface area contributed by atoms with E-state index in [0.717, 1.165) is 16.5 Å². The number of carbonyl (C=O) groups is 1. The van der Waals surface area contributed by atoms with E-state index in [1.807, 2.05) is 35.4 Å². The molecule has 1 aromatic heterocycles. The van der Waals surface area contributed by atoms with E-state index in [1.54, 1.807) is 20.2 Å². The molecule has 1 saturated heterocycles. The van der Waals surface area contributed by atoms with Gasteiger partial charge in [-0.15, -0.1) is 0 Å². The number of amides is 1. The lowest BCUT2D eigenvalue weighted by atomic mass is 9.99. The van der Waals surface area contributed by atoms with Crippen molar-refractivity contribution in [1.29, 1.82) is 0 Å². The predicted octanol–water partition coefficient (Wildman–Crippen LogP) is 5.18. The molecule has 3 N–H and O–H groups in total. The van der Waals surface area contributed by atoms with Crippen LogP contribution in [-0.2, 0) is 23.6 Å². The summed E-state index contributed by atoms with van der Waals surface area (Å²) in [6.07, 6.45) is -6.16. The van der Waals surface area contributed by atoms with Crippen LogP contribution in [0.4, 0.5) is 26.3 Å². The monoisotopic (exact) mass is 583 g/mol. The minimum Gasteiger partial charge on any atom is -0.372 e. The van der Waals surface area contributed by atoms with Crippen molar-refractivity contribution >= 4 is 16.8 Å². The highest BCUT2D eigenvalue weighted by Gasteiger charge is 2.39. The van der Waals surface area contributed by atoms with Crippen molar-refractivity contribution in [2.45, 2.75) is 31.7 Å². The third kappa shape index (κ3) is 7.53. The molecule has 1 aliphatic rings. The van der Waals surface area contributed by atoms with Crippen molar-refractivity contribution < 1.29 is 36.0 Å². The Bertz CT molecular complexity index is 1350. The molecule has 0 bridgehead atoms. The van der Waals surface area contributed by atoms with Crippen LogP contribution in [0.2, 0.25) is 0 Å². The van der Waals surface area contributed by atoms with Gasteiger partial charge in [0, 0.05) is 55.0 Å². The number of H-pyrrole nitrogens is 1. The number of hydroxylamine groups is 1. The maximum absolute atomic E-state index is 13.6. The molecule has 1 fully saturated rings. The number of benzene rings is 2. The first-order chi connectivity index (χ1) is 19.4. The van der Waals surface area contributed by atoms with Crippen LogP contribution in [0, 0.1) is 0 Å². The summed E-state index contributed by atoms with van der Waals surface area (Å²) in [4.78, 5) is 25.5. The zero-order valence-corrected chi connectivity index (χ0v) is 22.5. The number of alkyl halides is 6. The Balaban J connectivity index is 1.64. The first-order valence-corrected chi connectivity index (χ1v) is 13.0. The van der Waals surface area contributed by atoms with Crippen molar-refractivity contribution in [2.24, 2.45) is 0 Å². The summed E-state index contributed by atoms with van der Waals surface area (Å²) in [5.41, 5.74) is 1.57. The van der Waals surface area contributed by atoms with Gasteiger partial charge < -0.3 is 20.1 Å². The van der Waals surface area contributed by atoms with Gasteiger partial charge in [-0.05, 0) is 50.2 Å². The number of rotatable bonds is 9. The minimum absolute atomic E-state index is 0.0252. The summed E-state index contributed by atoms with van der Waals surface area (Å²) >= 11 is 0. The van der Waals surface area contributed by atoms with E-state index in [1.165, 1.54) is 4.90 Å². The van der Waals surface area contributed by atoms with Crippen molar-refractivity contribution in [3.8, 4) is 0 Å². The smallest absolute Gasteiger partial charge is 0.372 e. The fourth-order valence-corrected chi connectivity index (χ4v) is 4.86. The van der Waals surface area contributed by atoms with E-state index in [2.05, 4.69) is 15.8 Å². The summed E-state index contributed by atoms with van der Waals surface area (Å²) in [6, 6.07) is 7.99. The summed E-state index contributed by atoms with van der Waals surface area (Å²) in [5.74, 6) is -0.889. The Hall–Kier alpha value is -3.71. The molecule has 1 aliphatic heterocycles. The minimum atomic E-state index is -5.05. The molecule has 13 heteroatoms. The molecule has 7 nitrogen and oxygen atoms in total. The van der Waals surface area contributed by atoms with Crippen LogP contribution in [0.15, 0.2) is 60.6 Å². The van der Waals surface area contributed by atoms with Gasteiger partial charge in [0.25, 0.3) is 5.91 Å². The van der Waals surface area contributed by atoms with Gasteiger partial charge in [0.05, 0.1) is 29.5 Å². The van der Waals surface area contributed by atoms with Gasteiger partial charge in [0.15, 0.2) is 0 Å². The number of hydrogen-bond donors (Lipinski definition) is 3. The molecule has 1 atom stereocenters. The van der Waals surface area contributed by atoms with Crippen LogP contribution in [0.5, 0.6) is 0 Å². The number of piperazine rings is 1. The molecular weight excluding hydrogens is 552 g/mol. The number of halogens is 6. The van der Waals surface area contributed by atoms with Crippen LogP contribution in [0.25, 0.3) is 10.9 Å². The van der Waals surface area contributed by atoms with Crippen molar-refractivity contribution in [1.82, 2.24) is 25.6 Å². The first-order valence-electron chi connectivity index (χ1n) is 13.0. The summed E-state index contributed by atoms with van der Waals surface area (Å²) in [5, 5.41) is 3.87. The number of likely N-dealkylation sites (N-methyl/N-ethyl adjacent to an activating group) is 1. The summed E-state index contributed by atoms with van der Waals surface area (Å²) in [6.45, 7) is 3.56. The van der Waals surface area contributed by atoms with Crippen LogP contribution in [0.3, 0.4) is 0 Å². The van der Waals surface area contributed by atoms with Gasteiger partial charge in [-0.1, -0.05) is 18.2 Å². The number of hydrogen-bond acceptors (Lipinski definition) is 5. The molecule has 2 heterocycles. The van der Waals surface area contributed by atoms with Crippen LogP contribution in [0.1, 0.15) is 34.0 Å². The van der Waals surface area contributed by atoms with E-state index in [0.29, 0.717) is 50.5 Å². The fourth-order valence-electron chi connectivity index (χ4n) is 4.86. The molecule has 3 aromatic rings. The maximum atomic E-state index is 13.6. The Morgan fingerprint density at radius 2 is 1.76 bits per heavy atom. The maximum Gasteiger partial charge on any atom is 0.416 e. The average molecular weight is 584 g/mol. The number of nitrogens with zero attached hydrogens (tertiary/aromatic N) is 2. The third-order valence-corrected chi connectivity index (χ3v) is 6.80. The number of para-hydroxylation sites is 1. The molecule has 4 rings (SSSR count). The molecule has 222 valence electrons. The van der Waals surface area contributed by atoms with E-state index < -0.39 is 41.0 Å². The quantitative estimate of drug-likeness (QED) is 0.184. The highest BCUT2D eigenvalue weighted by molar-refractivity contribution is 5.95. The van der Waals surface area contributed by atoms with Gasteiger partial charge in [0.1, 0.15) is 0 Å². The van der Waals surface area contributed by atoms with Crippen molar-refractivity contribution in [3.05, 3.63) is 82.8 Å². The van der Waals surface area contributed by atoms with Gasteiger partial charge in [-0.25, -0.2) is 0 Å². The Morgan fingerprint density at radius 1 is 1.07 bits per heavy atom. The number of allylic oxidation sites excluding steroid dienone is 1. The molecule has 0 unspecified atom stereocenters. The fraction of sp³-hybridized carbons (Fsp3) is 0.393. The van der Waals surface area contributed by atoms with Gasteiger partial charge in [0.2, 0.25) is 0 Å². The molecule has 0 aliphatic carbocycles. The topological polar surface area (TPSA) is 72.6 Å². The summed E-state index contributed by atoms with van der Waals surface area (Å²) < 4.78 is 81.0. The van der Waals surface area contributed by atoms with E-state index in [-0.39, 0.29) is 12.6 Å². The van der Waals surface area contributed by atoms with E-state index in [4.69, 9.17) is 4.84 Å². The lowest BCUT2D eigenvalue weighted by molar-refractivity contribution is -0.143. The summed E-state index contributed by atoms with van der Waals surface area (Å²) in [7, 11) is 1.80. The molecule has 0 saturated carbocycles. The lowest BCUT2D eigenvalue weighted by Gasteiger charge is -2.41. The largest absolute Gasteiger partial charge is 0.416 e. The Morgan fingerprint density at radius 3 is 2.41 bits per heavy atom. The second-order valence-corrected chi connectivity index (χ2v) is 9.87. The lowest BCUT2D eigenvalue weighted by Crippen LogP contribution is -2.54.